The highest BCUT2D eigenvalue weighted by Gasteiger charge is 2.64. The molecule has 17 heteroatoms. The number of rotatable bonds is 7. The SMILES string of the molecule is COc1cc2cc(c1Cl)N(C)C(=O)C[C@H](OC(=O)[C@H](C)N(C)C(=O)c1ccc([N+](=O)[O-])cc1)[C@]1(C)O[C@H]1[C@H](C)[C@@H]1C[C@@](O)(NC(=O)O1)[C@H](OC)/C=C/C=C(\C)C2. The number of nitrogens with one attached hydrogen (secondary N) is 1. The van der Waals surface area contributed by atoms with E-state index in [9.17, 15) is 34.4 Å². The molecule has 16 nitrogen and oxygen atoms in total. The zero-order chi connectivity index (χ0) is 41.3. The molecular formula is C39H47ClN4O12. The molecule has 3 heterocycles. The number of benzene rings is 2. The normalized spacial score (nSPS) is 30.0. The number of alkyl carbamates (subject to hydrolysis) is 1. The Morgan fingerprint density at radius 3 is 2.50 bits per heavy atom. The van der Waals surface area contributed by atoms with Crippen LogP contribution in [0.3, 0.4) is 0 Å². The topological polar surface area (TPSA) is 200 Å². The Balaban J connectivity index is 1.51. The molecule has 2 N–H and O–H groups in total. The van der Waals surface area contributed by atoms with Gasteiger partial charge in [0.25, 0.3) is 11.6 Å². The van der Waals surface area contributed by atoms with Gasteiger partial charge in [0, 0.05) is 51.2 Å². The third kappa shape index (κ3) is 8.68. The molecule has 4 bridgehead atoms. The summed E-state index contributed by atoms with van der Waals surface area (Å²) in [6, 6.07) is 7.29. The number of carbonyl (C=O) groups is 4. The minimum atomic E-state index is -1.87. The summed E-state index contributed by atoms with van der Waals surface area (Å²) in [4.78, 5) is 67.2. The van der Waals surface area contributed by atoms with E-state index in [1.165, 1.54) is 64.4 Å². The standard InChI is InChI=1S/C39H47ClN4O12/c1-21-10-9-11-30(53-8)39(49)20-29(54-37(48)41-39)22(2)34-38(4,56-34)31(19-32(45)43(6)27-17-24(16-21)18-28(52-7)33(27)40)55-36(47)23(3)42(5)35(46)25-12-14-26(15-13-25)44(50)51/h9-15,17-18,22-23,29-31,34,49H,16,19-20H2,1-8H3,(H,41,48)/b11-9+,21-10+/t22-,23+,29+,30-,31+,34+,38+,39+/m1/s1. The first kappa shape index (κ1) is 42.1. The molecule has 2 fully saturated rings. The number of likely N-dealkylation sites (N-methyl/N-ethyl adjacent to an activating group) is 1. The molecule has 0 aromatic heterocycles. The van der Waals surface area contributed by atoms with Crippen molar-refractivity contribution in [1.82, 2.24) is 10.2 Å². The van der Waals surface area contributed by atoms with Gasteiger partial charge in [-0.15, -0.1) is 0 Å². The Morgan fingerprint density at radius 1 is 1.20 bits per heavy atom. The third-order valence-corrected chi connectivity index (χ3v) is 11.2. The molecule has 0 spiro atoms. The summed E-state index contributed by atoms with van der Waals surface area (Å²) in [6.45, 7) is 6.77. The Morgan fingerprint density at radius 2 is 1.88 bits per heavy atom. The molecule has 302 valence electrons. The number of nitro groups is 1. The third-order valence-electron chi connectivity index (χ3n) is 10.8. The molecule has 0 unspecified atom stereocenters. The number of amides is 3. The first-order chi connectivity index (χ1) is 26.3. The van der Waals surface area contributed by atoms with Crippen molar-refractivity contribution in [3.63, 3.8) is 0 Å². The highest BCUT2D eigenvalue weighted by Crippen LogP contribution is 2.49. The molecule has 2 aromatic carbocycles. The van der Waals surface area contributed by atoms with E-state index in [1.807, 2.05) is 13.0 Å². The minimum Gasteiger partial charge on any atom is -0.495 e. The number of nitrogens with zero attached hydrogens (tertiary/aromatic N) is 3. The lowest BCUT2D eigenvalue weighted by molar-refractivity contribution is -0.384. The monoisotopic (exact) mass is 798 g/mol. The molecule has 56 heavy (non-hydrogen) atoms. The maximum absolute atomic E-state index is 14.2. The van der Waals surface area contributed by atoms with Crippen molar-refractivity contribution in [2.75, 3.05) is 33.2 Å². The van der Waals surface area contributed by atoms with Crippen LogP contribution in [0.1, 0.15) is 56.5 Å². The number of hydrogen-bond donors (Lipinski definition) is 2. The van der Waals surface area contributed by atoms with E-state index in [4.69, 9.17) is 35.3 Å². The molecular weight excluding hydrogens is 752 g/mol. The Bertz CT molecular complexity index is 1940. The van der Waals surface area contributed by atoms with Crippen LogP contribution in [-0.4, -0.2) is 109 Å². The summed E-state index contributed by atoms with van der Waals surface area (Å²) in [7, 11) is 5.79. The lowest BCUT2D eigenvalue weighted by Crippen LogP contribution is -2.63. The fourth-order valence-corrected chi connectivity index (χ4v) is 7.42. The number of ether oxygens (including phenoxy) is 5. The number of hydrogen-bond acceptors (Lipinski definition) is 12. The second-order valence-electron chi connectivity index (χ2n) is 14.6. The van der Waals surface area contributed by atoms with Crippen molar-refractivity contribution in [2.45, 2.75) is 88.7 Å². The number of allylic oxidation sites excluding steroid dienone is 3. The summed E-state index contributed by atoms with van der Waals surface area (Å²) < 4.78 is 29.1. The van der Waals surface area contributed by atoms with E-state index < -0.39 is 76.5 Å². The molecule has 0 saturated carbocycles. The van der Waals surface area contributed by atoms with E-state index in [-0.39, 0.29) is 29.1 Å². The van der Waals surface area contributed by atoms with Crippen LogP contribution in [0.15, 0.2) is 60.2 Å². The summed E-state index contributed by atoms with van der Waals surface area (Å²) in [5, 5.41) is 25.5. The lowest BCUT2D eigenvalue weighted by Gasteiger charge is -2.42. The van der Waals surface area contributed by atoms with Gasteiger partial charge in [-0.05, 0) is 57.0 Å². The molecule has 0 aliphatic carbocycles. The first-order valence-corrected chi connectivity index (χ1v) is 18.3. The van der Waals surface area contributed by atoms with Gasteiger partial charge in [0.2, 0.25) is 5.91 Å². The van der Waals surface area contributed by atoms with Gasteiger partial charge in [-0.3, -0.25) is 25.0 Å². The predicted molar refractivity (Wildman–Crippen MR) is 203 cm³/mol. The number of methoxy groups -OCH3 is 2. The van der Waals surface area contributed by atoms with Crippen LogP contribution in [0.2, 0.25) is 5.02 Å². The number of epoxide rings is 1. The van der Waals surface area contributed by atoms with Crippen LogP contribution < -0.4 is 15.0 Å². The summed E-state index contributed by atoms with van der Waals surface area (Å²) in [6.07, 6.45) is 0.430. The molecule has 3 amide bonds. The quantitative estimate of drug-likeness (QED) is 0.169. The van der Waals surface area contributed by atoms with Crippen LogP contribution in [0.4, 0.5) is 16.2 Å². The van der Waals surface area contributed by atoms with E-state index in [2.05, 4.69) is 5.32 Å². The highest BCUT2D eigenvalue weighted by molar-refractivity contribution is 6.35. The molecule has 5 rings (SSSR count). The van der Waals surface area contributed by atoms with Gasteiger partial charge < -0.3 is 38.6 Å². The number of non-ortho nitro benzene ring substituents is 1. The fraction of sp³-hybridized carbons (Fsp3) is 0.487. The summed E-state index contributed by atoms with van der Waals surface area (Å²) in [5.74, 6) is -2.20. The van der Waals surface area contributed by atoms with E-state index in [1.54, 1.807) is 38.1 Å². The van der Waals surface area contributed by atoms with Crippen molar-refractivity contribution >= 4 is 46.9 Å². The highest BCUT2D eigenvalue weighted by atomic mass is 35.5. The van der Waals surface area contributed by atoms with Crippen molar-refractivity contribution < 1.29 is 52.9 Å². The Hall–Kier alpha value is -5.03. The van der Waals surface area contributed by atoms with Crippen molar-refractivity contribution in [1.29, 1.82) is 0 Å². The van der Waals surface area contributed by atoms with Crippen molar-refractivity contribution in [2.24, 2.45) is 5.92 Å². The van der Waals surface area contributed by atoms with Gasteiger partial charge in [0.05, 0.1) is 30.2 Å². The molecule has 2 aromatic rings. The van der Waals surface area contributed by atoms with Crippen LogP contribution in [-0.2, 0) is 35.0 Å². The zero-order valence-corrected chi connectivity index (χ0v) is 33.2. The number of nitro benzene ring substituents is 1. The van der Waals surface area contributed by atoms with Gasteiger partial charge in [-0.25, -0.2) is 9.59 Å². The number of fused-ring (bicyclic) bond motifs is 5. The zero-order valence-electron chi connectivity index (χ0n) is 32.4. The number of halogens is 1. The average molecular weight is 799 g/mol. The molecule has 2 saturated heterocycles. The first-order valence-electron chi connectivity index (χ1n) is 17.9. The second kappa shape index (κ2) is 16.6. The van der Waals surface area contributed by atoms with Gasteiger partial charge >= 0.3 is 12.1 Å². The van der Waals surface area contributed by atoms with Gasteiger partial charge in [-0.2, -0.15) is 0 Å². The molecule has 8 atom stereocenters. The van der Waals surface area contributed by atoms with Gasteiger partial charge in [-0.1, -0.05) is 42.3 Å². The number of anilines is 1. The second-order valence-corrected chi connectivity index (χ2v) is 15.0. The maximum Gasteiger partial charge on any atom is 0.409 e. The summed E-state index contributed by atoms with van der Waals surface area (Å²) >= 11 is 6.75. The smallest absolute Gasteiger partial charge is 0.409 e. The van der Waals surface area contributed by atoms with Crippen molar-refractivity contribution in [3.8, 4) is 5.75 Å². The predicted octanol–water partition coefficient (Wildman–Crippen LogP) is 4.74. The van der Waals surface area contributed by atoms with Crippen LogP contribution in [0.5, 0.6) is 5.75 Å². The summed E-state index contributed by atoms with van der Waals surface area (Å²) in [5.41, 5.74) is -1.24. The van der Waals surface area contributed by atoms with Crippen LogP contribution in [0.25, 0.3) is 0 Å². The Kier molecular flexibility index (Phi) is 12.5. The van der Waals surface area contributed by atoms with E-state index >= 15 is 0 Å². The Labute approximate surface area is 329 Å². The number of aliphatic hydroxyl groups is 1. The number of carbonyl (C=O) groups excluding carboxylic acids is 4. The van der Waals surface area contributed by atoms with E-state index in [0.29, 0.717) is 17.9 Å². The van der Waals surface area contributed by atoms with E-state index in [0.717, 1.165) is 16.0 Å². The molecule has 3 aliphatic rings. The fourth-order valence-electron chi connectivity index (χ4n) is 7.11. The van der Waals surface area contributed by atoms with Gasteiger partial charge in [0.15, 0.2) is 5.72 Å². The molecule has 0 radical (unpaired) electrons. The van der Waals surface area contributed by atoms with Crippen molar-refractivity contribution in [3.05, 3.63) is 86.5 Å². The van der Waals surface area contributed by atoms with Crippen LogP contribution in [0, 0.1) is 16.0 Å². The lowest BCUT2D eigenvalue weighted by atomic mass is 9.83. The average Bonchev–Trinajstić information content (AvgIpc) is 3.86. The number of esters is 1. The minimum absolute atomic E-state index is 0.0930. The van der Waals surface area contributed by atoms with Gasteiger partial charge in [0.1, 0.15) is 40.7 Å². The maximum atomic E-state index is 14.2. The van der Waals surface area contributed by atoms with Crippen LogP contribution >= 0.6 is 11.6 Å². The molecule has 3 aliphatic heterocycles. The largest absolute Gasteiger partial charge is 0.495 e.